The Bertz CT molecular complexity index is 909. The van der Waals surface area contributed by atoms with Crippen molar-refractivity contribution < 1.29 is 4.79 Å². The minimum absolute atomic E-state index is 0.0245. The number of benzene rings is 1. The number of anilines is 2. The summed E-state index contributed by atoms with van der Waals surface area (Å²) in [7, 11) is 0. The molecule has 2 N–H and O–H groups in total. The van der Waals surface area contributed by atoms with Crippen LogP contribution < -0.4 is 10.2 Å². The van der Waals surface area contributed by atoms with E-state index < -0.39 is 0 Å². The molecule has 1 saturated heterocycles. The van der Waals surface area contributed by atoms with E-state index in [2.05, 4.69) is 20.2 Å². The average Bonchev–Trinajstić information content (AvgIpc) is 3.27. The number of carbonyl (C=O) groups excluding carboxylic acids is 1. The second kappa shape index (κ2) is 6.59. The molecular weight excluding hydrogens is 312 g/mol. The normalized spacial score (nSPS) is 14.2. The van der Waals surface area contributed by atoms with Gasteiger partial charge in [-0.2, -0.15) is 0 Å². The smallest absolute Gasteiger partial charge is 0.228 e. The molecule has 0 spiro atoms. The van der Waals surface area contributed by atoms with E-state index in [1.807, 2.05) is 49.5 Å². The van der Waals surface area contributed by atoms with Crippen molar-refractivity contribution in [2.24, 2.45) is 0 Å². The Morgan fingerprint density at radius 2 is 2.00 bits per heavy atom. The molecule has 0 bridgehead atoms. The maximum atomic E-state index is 12.5. The summed E-state index contributed by atoms with van der Waals surface area (Å²) in [6.45, 7) is 4.08. The fraction of sp³-hybridized carbons (Fsp3) is 0.300. The fourth-order valence-electron chi connectivity index (χ4n) is 3.45. The number of nitrogens with one attached hydrogen (secondary N) is 2. The Morgan fingerprint density at radius 1 is 1.20 bits per heavy atom. The molecule has 0 unspecified atom stereocenters. The molecule has 0 aliphatic carbocycles. The summed E-state index contributed by atoms with van der Waals surface area (Å²) in [5, 5.41) is 4.09. The number of hydrogen-bond acceptors (Lipinski definition) is 3. The number of amides is 1. The first-order valence-electron chi connectivity index (χ1n) is 8.78. The number of para-hydroxylation sites is 1. The van der Waals surface area contributed by atoms with Crippen LogP contribution in [0.1, 0.15) is 24.1 Å². The molecule has 1 aliphatic rings. The van der Waals surface area contributed by atoms with Crippen LogP contribution in [0, 0.1) is 6.92 Å². The molecular formula is C20H22N4O. The van der Waals surface area contributed by atoms with E-state index in [9.17, 15) is 4.79 Å². The van der Waals surface area contributed by atoms with Crippen LogP contribution in [0.15, 0.2) is 42.6 Å². The van der Waals surface area contributed by atoms with Crippen LogP contribution in [-0.2, 0) is 11.2 Å². The highest BCUT2D eigenvalue weighted by atomic mass is 16.1. The largest absolute Gasteiger partial charge is 0.361 e. The van der Waals surface area contributed by atoms with Crippen LogP contribution in [0.4, 0.5) is 11.5 Å². The third-order valence-electron chi connectivity index (χ3n) is 4.80. The summed E-state index contributed by atoms with van der Waals surface area (Å²) in [5.41, 5.74) is 3.70. The van der Waals surface area contributed by atoms with Crippen molar-refractivity contribution in [1.82, 2.24) is 9.97 Å². The number of aromatic amines is 1. The Balaban J connectivity index is 1.47. The standard InChI is InChI=1S/C20H22N4O/c1-14-17(8-9-19(22-14)24-10-4-5-11-24)23-20(25)12-15-13-21-18-7-3-2-6-16(15)18/h2-3,6-9,13,21H,4-5,10-12H2,1H3,(H,23,25). The highest BCUT2D eigenvalue weighted by Crippen LogP contribution is 2.23. The number of aryl methyl sites for hydroxylation is 1. The molecule has 1 aliphatic heterocycles. The van der Waals surface area contributed by atoms with Gasteiger partial charge in [-0.25, -0.2) is 4.98 Å². The van der Waals surface area contributed by atoms with Crippen molar-refractivity contribution >= 4 is 28.3 Å². The lowest BCUT2D eigenvalue weighted by Gasteiger charge is -2.18. The molecule has 5 heteroatoms. The molecule has 2 aromatic heterocycles. The van der Waals surface area contributed by atoms with Crippen molar-refractivity contribution in [3.63, 3.8) is 0 Å². The summed E-state index contributed by atoms with van der Waals surface area (Å²) >= 11 is 0. The first kappa shape index (κ1) is 15.7. The number of rotatable bonds is 4. The van der Waals surface area contributed by atoms with Gasteiger partial charge in [0.25, 0.3) is 0 Å². The Morgan fingerprint density at radius 3 is 2.80 bits per heavy atom. The van der Waals surface area contributed by atoms with Crippen molar-refractivity contribution in [2.45, 2.75) is 26.2 Å². The van der Waals surface area contributed by atoms with Gasteiger partial charge in [-0.1, -0.05) is 18.2 Å². The number of aromatic nitrogens is 2. The van der Waals surface area contributed by atoms with Gasteiger partial charge in [0, 0.05) is 30.2 Å². The van der Waals surface area contributed by atoms with Crippen molar-refractivity contribution in [3.8, 4) is 0 Å². The van der Waals surface area contributed by atoms with Gasteiger partial charge in [-0.05, 0) is 43.5 Å². The number of H-pyrrole nitrogens is 1. The molecule has 1 amide bonds. The fourth-order valence-corrected chi connectivity index (χ4v) is 3.45. The molecule has 1 fully saturated rings. The molecule has 128 valence electrons. The minimum Gasteiger partial charge on any atom is -0.361 e. The molecule has 3 aromatic rings. The van der Waals surface area contributed by atoms with Gasteiger partial charge in [0.05, 0.1) is 17.8 Å². The average molecular weight is 334 g/mol. The Kier molecular flexibility index (Phi) is 4.14. The summed E-state index contributed by atoms with van der Waals surface area (Å²) in [6.07, 6.45) is 4.71. The van der Waals surface area contributed by atoms with E-state index in [4.69, 9.17) is 0 Å². The lowest BCUT2D eigenvalue weighted by Crippen LogP contribution is -2.20. The Labute approximate surface area is 147 Å². The van der Waals surface area contributed by atoms with Crippen LogP contribution in [0.25, 0.3) is 10.9 Å². The monoisotopic (exact) mass is 334 g/mol. The topological polar surface area (TPSA) is 61.0 Å². The summed E-state index contributed by atoms with van der Waals surface area (Å²) < 4.78 is 0. The van der Waals surface area contributed by atoms with Crippen LogP contribution in [0.5, 0.6) is 0 Å². The van der Waals surface area contributed by atoms with E-state index >= 15 is 0 Å². The first-order chi connectivity index (χ1) is 12.2. The minimum atomic E-state index is -0.0245. The van der Waals surface area contributed by atoms with E-state index in [1.54, 1.807) is 0 Å². The third-order valence-corrected chi connectivity index (χ3v) is 4.80. The molecule has 5 nitrogen and oxygen atoms in total. The second-order valence-electron chi connectivity index (χ2n) is 6.58. The zero-order chi connectivity index (χ0) is 17.2. The highest BCUT2D eigenvalue weighted by Gasteiger charge is 2.15. The van der Waals surface area contributed by atoms with Gasteiger partial charge < -0.3 is 15.2 Å². The van der Waals surface area contributed by atoms with E-state index in [-0.39, 0.29) is 5.91 Å². The first-order valence-corrected chi connectivity index (χ1v) is 8.78. The molecule has 0 atom stereocenters. The predicted octanol–water partition coefficient (Wildman–Crippen LogP) is 3.65. The maximum Gasteiger partial charge on any atom is 0.228 e. The molecule has 0 radical (unpaired) electrons. The highest BCUT2D eigenvalue weighted by molar-refractivity contribution is 5.96. The zero-order valence-electron chi connectivity index (χ0n) is 14.4. The zero-order valence-corrected chi connectivity index (χ0v) is 14.4. The third kappa shape index (κ3) is 3.22. The quantitative estimate of drug-likeness (QED) is 0.765. The van der Waals surface area contributed by atoms with Crippen LogP contribution in [-0.4, -0.2) is 29.0 Å². The lowest BCUT2D eigenvalue weighted by molar-refractivity contribution is -0.115. The van der Waals surface area contributed by atoms with Crippen molar-refractivity contribution in [1.29, 1.82) is 0 Å². The number of hydrogen-bond donors (Lipinski definition) is 2. The number of pyridine rings is 1. The Hall–Kier alpha value is -2.82. The SMILES string of the molecule is Cc1nc(N2CCCC2)ccc1NC(=O)Cc1c[nH]c2ccccc12. The molecule has 0 saturated carbocycles. The van der Waals surface area contributed by atoms with Crippen LogP contribution in [0.3, 0.4) is 0 Å². The number of nitrogens with zero attached hydrogens (tertiary/aromatic N) is 2. The van der Waals surface area contributed by atoms with Gasteiger partial charge in [-0.3, -0.25) is 4.79 Å². The van der Waals surface area contributed by atoms with Gasteiger partial charge in [-0.15, -0.1) is 0 Å². The lowest BCUT2D eigenvalue weighted by atomic mass is 10.1. The van der Waals surface area contributed by atoms with E-state index in [0.29, 0.717) is 6.42 Å². The van der Waals surface area contributed by atoms with Crippen LogP contribution in [0.2, 0.25) is 0 Å². The van der Waals surface area contributed by atoms with E-state index in [1.165, 1.54) is 12.8 Å². The van der Waals surface area contributed by atoms with Crippen molar-refractivity contribution in [2.75, 3.05) is 23.3 Å². The molecule has 25 heavy (non-hydrogen) atoms. The summed E-state index contributed by atoms with van der Waals surface area (Å²) in [6, 6.07) is 12.0. The van der Waals surface area contributed by atoms with Gasteiger partial charge in [0.15, 0.2) is 0 Å². The van der Waals surface area contributed by atoms with Gasteiger partial charge in [0.1, 0.15) is 5.82 Å². The van der Waals surface area contributed by atoms with Gasteiger partial charge in [0.2, 0.25) is 5.91 Å². The number of carbonyl (C=O) groups is 1. The maximum absolute atomic E-state index is 12.5. The summed E-state index contributed by atoms with van der Waals surface area (Å²) in [4.78, 5) is 22.6. The number of fused-ring (bicyclic) bond motifs is 1. The summed E-state index contributed by atoms with van der Waals surface area (Å²) in [5.74, 6) is 0.980. The van der Waals surface area contributed by atoms with E-state index in [0.717, 1.165) is 46.8 Å². The van der Waals surface area contributed by atoms with Crippen molar-refractivity contribution in [3.05, 3.63) is 53.9 Å². The predicted molar refractivity (Wildman–Crippen MR) is 101 cm³/mol. The van der Waals surface area contributed by atoms with Gasteiger partial charge >= 0.3 is 0 Å². The molecule has 1 aromatic carbocycles. The molecule has 4 rings (SSSR count). The second-order valence-corrected chi connectivity index (χ2v) is 6.58. The molecule has 3 heterocycles. The van der Waals surface area contributed by atoms with Crippen LogP contribution >= 0.6 is 0 Å².